The Labute approximate surface area is 370 Å². The maximum Gasteiger partial charge on any atom is 0.237 e. The first-order valence-electron chi connectivity index (χ1n) is 23.7. The molecule has 12 rings (SSSR count). The second-order valence-corrected chi connectivity index (χ2v) is 22.6. The van der Waals surface area contributed by atoms with Crippen LogP contribution in [0.5, 0.6) is 0 Å². The first-order chi connectivity index (χ1) is 30.2. The standard InChI is InChI=1S/C53H58N2O8/c1-7-27-11-9-13-29(15-27)54-47(56)31-17-39-41(19-33(31)49(54)58)62-45-23-37-35(21-43(45)60-39)51(3,4)25-53(37)26-52(5,6)36-22-44-46(24-38(36)53)63-42-20-34-32(18-40(42)61-44)48(57)55(50(34)59)30-14-10-12-28(8-2)16-30/h1-2,9-16,31-46H,17-26H2,3-6H3. The Morgan fingerprint density at radius 3 is 1.10 bits per heavy atom. The molecule has 10 heteroatoms. The number of carbonyl (C=O) groups is 4. The zero-order chi connectivity index (χ0) is 43.5. The van der Waals surface area contributed by atoms with Crippen molar-refractivity contribution in [3.05, 3.63) is 59.7 Å². The van der Waals surface area contributed by atoms with Gasteiger partial charge < -0.3 is 18.9 Å². The van der Waals surface area contributed by atoms with Crippen LogP contribution in [0.2, 0.25) is 0 Å². The Bertz CT molecular complexity index is 2240. The van der Waals surface area contributed by atoms with E-state index in [1.54, 1.807) is 48.5 Å². The molecule has 4 aliphatic heterocycles. The van der Waals surface area contributed by atoms with E-state index in [4.69, 9.17) is 31.8 Å². The Kier molecular flexibility index (Phi) is 8.84. The van der Waals surface area contributed by atoms with E-state index in [0.717, 1.165) is 38.5 Å². The third kappa shape index (κ3) is 5.79. The molecule has 1 spiro atoms. The quantitative estimate of drug-likeness (QED) is 0.233. The Morgan fingerprint density at radius 2 is 0.778 bits per heavy atom. The first-order valence-corrected chi connectivity index (χ1v) is 23.7. The van der Waals surface area contributed by atoms with Gasteiger partial charge in [-0.15, -0.1) is 12.8 Å². The lowest BCUT2D eigenvalue weighted by molar-refractivity contribution is -0.266. The van der Waals surface area contributed by atoms with Crippen molar-refractivity contribution in [1.82, 2.24) is 0 Å². The van der Waals surface area contributed by atoms with E-state index in [0.29, 0.717) is 71.9 Å². The van der Waals surface area contributed by atoms with E-state index < -0.39 is 23.7 Å². The molecule has 0 bridgehead atoms. The third-order valence-electron chi connectivity index (χ3n) is 18.6. The van der Waals surface area contributed by atoms with E-state index in [9.17, 15) is 19.2 Å². The van der Waals surface area contributed by atoms with Crippen molar-refractivity contribution in [2.24, 2.45) is 63.6 Å². The highest BCUT2D eigenvalue weighted by molar-refractivity contribution is 6.23. The third-order valence-corrected chi connectivity index (χ3v) is 18.6. The Morgan fingerprint density at radius 1 is 0.476 bits per heavy atom. The molecule has 4 amide bonds. The number of hydrogen-bond donors (Lipinski definition) is 0. The summed E-state index contributed by atoms with van der Waals surface area (Å²) in [6.07, 6.45) is 18.2. The van der Waals surface area contributed by atoms with E-state index in [1.165, 1.54) is 9.80 Å². The number of ether oxygens (including phenoxy) is 4. The number of benzene rings is 2. The summed E-state index contributed by atoms with van der Waals surface area (Å²) in [5.74, 6) is 4.74. The highest BCUT2D eigenvalue weighted by Gasteiger charge is 2.71. The van der Waals surface area contributed by atoms with Crippen LogP contribution in [0.3, 0.4) is 0 Å². The van der Waals surface area contributed by atoms with Crippen LogP contribution in [0.25, 0.3) is 0 Å². The van der Waals surface area contributed by atoms with Gasteiger partial charge in [-0.05, 0) is 141 Å². The molecule has 63 heavy (non-hydrogen) atoms. The smallest absolute Gasteiger partial charge is 0.237 e. The summed E-state index contributed by atoms with van der Waals surface area (Å²) in [6.45, 7) is 9.91. The van der Waals surface area contributed by atoms with Gasteiger partial charge in [0.1, 0.15) is 0 Å². The van der Waals surface area contributed by atoms with Gasteiger partial charge in [-0.1, -0.05) is 51.7 Å². The van der Waals surface area contributed by atoms with E-state index in [-0.39, 0.29) is 88.7 Å². The number of terminal acetylenes is 2. The monoisotopic (exact) mass is 850 g/mol. The summed E-state index contributed by atoms with van der Waals surface area (Å²) in [5, 5.41) is 0. The molecule has 6 saturated carbocycles. The van der Waals surface area contributed by atoms with Gasteiger partial charge in [0.2, 0.25) is 23.6 Å². The molecule has 2 aromatic rings. The summed E-state index contributed by atoms with van der Waals surface area (Å²) < 4.78 is 28.4. The fraction of sp³-hybridized carbons (Fsp3) is 0.623. The number of imide groups is 2. The van der Waals surface area contributed by atoms with Gasteiger partial charge in [-0.2, -0.15) is 0 Å². The predicted molar refractivity (Wildman–Crippen MR) is 232 cm³/mol. The van der Waals surface area contributed by atoms with Crippen LogP contribution < -0.4 is 9.80 Å². The molecule has 2 aromatic carbocycles. The number of anilines is 2. The summed E-state index contributed by atoms with van der Waals surface area (Å²) in [6, 6.07) is 14.2. The van der Waals surface area contributed by atoms with Gasteiger partial charge in [-0.3, -0.25) is 29.0 Å². The molecule has 0 N–H and O–H groups in total. The number of rotatable bonds is 2. The molecule has 10 nitrogen and oxygen atoms in total. The van der Waals surface area contributed by atoms with Crippen molar-refractivity contribution < 1.29 is 38.1 Å². The van der Waals surface area contributed by atoms with Gasteiger partial charge in [-0.25, -0.2) is 0 Å². The van der Waals surface area contributed by atoms with Crippen LogP contribution in [0.15, 0.2) is 48.5 Å². The highest BCUT2D eigenvalue weighted by Crippen LogP contribution is 2.75. The number of carbonyl (C=O) groups excluding carboxylic acids is 4. The van der Waals surface area contributed by atoms with Crippen LogP contribution in [-0.2, 0) is 38.1 Å². The molecule has 0 radical (unpaired) electrons. The molecule has 16 unspecified atom stereocenters. The lowest BCUT2D eigenvalue weighted by Gasteiger charge is -2.54. The van der Waals surface area contributed by atoms with Crippen molar-refractivity contribution in [3.63, 3.8) is 0 Å². The van der Waals surface area contributed by atoms with E-state index >= 15 is 0 Å². The Hall–Kier alpha value is -4.32. The minimum absolute atomic E-state index is 0.0421. The minimum Gasteiger partial charge on any atom is -0.370 e. The van der Waals surface area contributed by atoms with Gasteiger partial charge in [0.25, 0.3) is 0 Å². The number of amides is 4. The zero-order valence-corrected chi connectivity index (χ0v) is 36.7. The molecule has 10 aliphatic rings. The first kappa shape index (κ1) is 40.2. The van der Waals surface area contributed by atoms with Crippen LogP contribution in [-0.4, -0.2) is 72.5 Å². The lowest BCUT2D eigenvalue weighted by Crippen LogP contribution is -2.59. The normalized spacial score (nSPS) is 44.9. The average Bonchev–Trinajstić information content (AvgIpc) is 3.83. The van der Waals surface area contributed by atoms with Crippen molar-refractivity contribution in [2.45, 2.75) is 141 Å². The SMILES string of the molecule is C#Cc1cccc(N2C(=O)C3CC4OC5CC6C(CC5OC4CC3C2=O)C2(CC6(C)C)CC(C)(C)C3CC4OC5CC6C(=O)N(c7cccc(C#C)c7)C(=O)C6CC5OC4CC32)c1. The Balaban J connectivity index is 0.772. The maximum atomic E-state index is 13.9. The lowest BCUT2D eigenvalue weighted by atomic mass is 9.59. The zero-order valence-electron chi connectivity index (χ0n) is 36.7. The average molecular weight is 851 g/mol. The molecule has 4 heterocycles. The topological polar surface area (TPSA) is 112 Å². The second-order valence-electron chi connectivity index (χ2n) is 22.6. The van der Waals surface area contributed by atoms with Crippen LogP contribution in [0, 0.1) is 88.3 Å². The second kappa shape index (κ2) is 13.8. The summed E-state index contributed by atoms with van der Waals surface area (Å²) in [4.78, 5) is 58.3. The van der Waals surface area contributed by atoms with E-state index in [2.05, 4.69) is 39.5 Å². The molecule has 16 atom stereocenters. The molecule has 6 aliphatic carbocycles. The highest BCUT2D eigenvalue weighted by atomic mass is 16.6. The summed E-state index contributed by atoms with van der Waals surface area (Å²) >= 11 is 0. The molecular weight excluding hydrogens is 793 g/mol. The van der Waals surface area contributed by atoms with Gasteiger partial charge in [0, 0.05) is 11.1 Å². The summed E-state index contributed by atoms with van der Waals surface area (Å²) in [5.41, 5.74) is 2.65. The van der Waals surface area contributed by atoms with Gasteiger partial charge in [0.05, 0.1) is 83.9 Å². The number of hydrogen-bond acceptors (Lipinski definition) is 8. The number of fused-ring (bicyclic) bond motifs is 10. The molecule has 4 saturated heterocycles. The van der Waals surface area contributed by atoms with Crippen molar-refractivity contribution in [3.8, 4) is 24.7 Å². The van der Waals surface area contributed by atoms with Crippen LogP contribution in [0.4, 0.5) is 11.4 Å². The van der Waals surface area contributed by atoms with Crippen LogP contribution >= 0.6 is 0 Å². The number of nitrogens with zero attached hydrogens (tertiary/aromatic N) is 2. The van der Waals surface area contributed by atoms with Crippen molar-refractivity contribution >= 4 is 35.0 Å². The maximum absolute atomic E-state index is 13.9. The minimum atomic E-state index is -0.433. The molecule has 0 aromatic heterocycles. The van der Waals surface area contributed by atoms with E-state index in [1.807, 2.05) is 0 Å². The summed E-state index contributed by atoms with van der Waals surface area (Å²) in [7, 11) is 0. The fourth-order valence-corrected chi connectivity index (χ4v) is 16.3. The van der Waals surface area contributed by atoms with Crippen molar-refractivity contribution in [1.29, 1.82) is 0 Å². The fourth-order valence-electron chi connectivity index (χ4n) is 16.3. The largest absolute Gasteiger partial charge is 0.370 e. The van der Waals surface area contributed by atoms with Gasteiger partial charge >= 0.3 is 0 Å². The van der Waals surface area contributed by atoms with Gasteiger partial charge in [0.15, 0.2) is 0 Å². The molecule has 328 valence electrons. The molecular formula is C53H58N2O8. The van der Waals surface area contributed by atoms with Crippen LogP contribution in [0.1, 0.15) is 103 Å². The van der Waals surface area contributed by atoms with Crippen molar-refractivity contribution in [2.75, 3.05) is 9.80 Å². The molecule has 10 fully saturated rings. The predicted octanol–water partition coefficient (Wildman–Crippen LogP) is 7.09.